The average molecular weight is 403 g/mol. The SMILES string of the molecule is O=C(Nc1ccc(I)cc1)c1cccnc1Br. The molecular weight excluding hydrogens is 395 g/mol. The fourth-order valence-corrected chi connectivity index (χ4v) is 2.08. The minimum Gasteiger partial charge on any atom is -0.322 e. The van der Waals surface area contributed by atoms with E-state index in [1.54, 1.807) is 18.3 Å². The highest BCUT2D eigenvalue weighted by atomic mass is 127. The summed E-state index contributed by atoms with van der Waals surface area (Å²) in [6.07, 6.45) is 1.63. The van der Waals surface area contributed by atoms with Gasteiger partial charge in [-0.2, -0.15) is 0 Å². The van der Waals surface area contributed by atoms with Gasteiger partial charge in [0.2, 0.25) is 0 Å². The minimum atomic E-state index is -0.175. The van der Waals surface area contributed by atoms with Crippen LogP contribution in [0, 0.1) is 3.57 Å². The third kappa shape index (κ3) is 3.26. The summed E-state index contributed by atoms with van der Waals surface area (Å²) in [7, 11) is 0. The van der Waals surface area contributed by atoms with Gasteiger partial charge in [0.25, 0.3) is 5.91 Å². The summed E-state index contributed by atoms with van der Waals surface area (Å²) in [6, 6.07) is 11.1. The standard InChI is InChI=1S/C12H8BrIN2O/c13-11-10(2-1-7-15-11)12(17)16-9-5-3-8(14)4-6-9/h1-7H,(H,16,17). The Kier molecular flexibility index (Phi) is 4.11. The fourth-order valence-electron chi connectivity index (χ4n) is 1.29. The number of hydrogen-bond acceptors (Lipinski definition) is 2. The van der Waals surface area contributed by atoms with Crippen molar-refractivity contribution in [1.82, 2.24) is 4.98 Å². The number of hydrogen-bond donors (Lipinski definition) is 1. The fraction of sp³-hybridized carbons (Fsp3) is 0. The molecule has 2 aromatic rings. The topological polar surface area (TPSA) is 42.0 Å². The van der Waals surface area contributed by atoms with E-state index >= 15 is 0 Å². The van der Waals surface area contributed by atoms with Gasteiger partial charge in [-0.3, -0.25) is 4.79 Å². The summed E-state index contributed by atoms with van der Waals surface area (Å²) in [4.78, 5) is 15.9. The molecule has 0 atom stereocenters. The van der Waals surface area contributed by atoms with Gasteiger partial charge >= 0.3 is 0 Å². The van der Waals surface area contributed by atoms with Crippen molar-refractivity contribution in [2.75, 3.05) is 5.32 Å². The Bertz CT molecular complexity index is 542. The maximum Gasteiger partial charge on any atom is 0.258 e. The molecular formula is C12H8BrIN2O. The molecule has 0 unspecified atom stereocenters. The molecule has 0 aliphatic rings. The number of anilines is 1. The molecule has 3 nitrogen and oxygen atoms in total. The Morgan fingerprint density at radius 3 is 2.59 bits per heavy atom. The first-order valence-corrected chi connectivity index (χ1v) is 6.71. The van der Waals surface area contributed by atoms with E-state index in [0.29, 0.717) is 10.2 Å². The zero-order chi connectivity index (χ0) is 12.3. The number of pyridine rings is 1. The molecule has 2 rings (SSSR count). The molecule has 0 fully saturated rings. The highest BCUT2D eigenvalue weighted by Crippen LogP contribution is 2.16. The number of aromatic nitrogens is 1. The number of rotatable bonds is 2. The minimum absolute atomic E-state index is 0.175. The monoisotopic (exact) mass is 402 g/mol. The second-order valence-electron chi connectivity index (χ2n) is 3.30. The van der Waals surface area contributed by atoms with Crippen molar-refractivity contribution < 1.29 is 4.79 Å². The van der Waals surface area contributed by atoms with Crippen LogP contribution in [-0.2, 0) is 0 Å². The lowest BCUT2D eigenvalue weighted by atomic mass is 10.2. The van der Waals surface area contributed by atoms with E-state index in [9.17, 15) is 4.79 Å². The van der Waals surface area contributed by atoms with Crippen LogP contribution in [0.1, 0.15) is 10.4 Å². The van der Waals surface area contributed by atoms with Crippen molar-refractivity contribution >= 4 is 50.1 Å². The lowest BCUT2D eigenvalue weighted by molar-refractivity contribution is 0.102. The van der Waals surface area contributed by atoms with Gasteiger partial charge in [0.1, 0.15) is 4.60 Å². The third-order valence-electron chi connectivity index (χ3n) is 2.11. The van der Waals surface area contributed by atoms with Crippen LogP contribution in [0.4, 0.5) is 5.69 Å². The summed E-state index contributed by atoms with van der Waals surface area (Å²) >= 11 is 5.47. The van der Waals surface area contributed by atoms with Crippen LogP contribution in [0.5, 0.6) is 0 Å². The molecule has 0 saturated heterocycles. The molecule has 86 valence electrons. The molecule has 1 N–H and O–H groups in total. The Hall–Kier alpha value is -0.950. The molecule has 0 radical (unpaired) electrons. The lowest BCUT2D eigenvalue weighted by Crippen LogP contribution is -2.12. The van der Waals surface area contributed by atoms with Crippen molar-refractivity contribution in [2.24, 2.45) is 0 Å². The third-order valence-corrected chi connectivity index (χ3v) is 3.46. The zero-order valence-electron chi connectivity index (χ0n) is 8.65. The largest absolute Gasteiger partial charge is 0.322 e. The van der Waals surface area contributed by atoms with E-state index in [1.807, 2.05) is 24.3 Å². The quantitative estimate of drug-likeness (QED) is 0.614. The highest BCUT2D eigenvalue weighted by molar-refractivity contribution is 14.1. The first-order chi connectivity index (χ1) is 8.16. The van der Waals surface area contributed by atoms with Gasteiger partial charge in [-0.15, -0.1) is 0 Å². The highest BCUT2D eigenvalue weighted by Gasteiger charge is 2.10. The number of halogens is 2. The van der Waals surface area contributed by atoms with Gasteiger partial charge in [-0.25, -0.2) is 4.98 Å². The summed E-state index contributed by atoms with van der Waals surface area (Å²) in [5.41, 5.74) is 1.29. The van der Waals surface area contributed by atoms with E-state index in [4.69, 9.17) is 0 Å². The summed E-state index contributed by atoms with van der Waals surface area (Å²) in [5, 5.41) is 2.81. The van der Waals surface area contributed by atoms with E-state index < -0.39 is 0 Å². The van der Waals surface area contributed by atoms with Gasteiger partial charge < -0.3 is 5.32 Å². The summed E-state index contributed by atoms with van der Waals surface area (Å²) in [6.45, 7) is 0. The first-order valence-electron chi connectivity index (χ1n) is 4.84. The molecule has 0 spiro atoms. The Morgan fingerprint density at radius 2 is 1.94 bits per heavy atom. The predicted molar refractivity (Wildman–Crippen MR) is 79.0 cm³/mol. The molecule has 1 aromatic carbocycles. The molecule has 1 heterocycles. The van der Waals surface area contributed by atoms with Crippen LogP contribution >= 0.6 is 38.5 Å². The van der Waals surface area contributed by atoms with Crippen molar-refractivity contribution in [3.05, 3.63) is 56.3 Å². The summed E-state index contributed by atoms with van der Waals surface area (Å²) < 4.78 is 1.67. The van der Waals surface area contributed by atoms with Gasteiger partial charge in [0.15, 0.2) is 0 Å². The van der Waals surface area contributed by atoms with Crippen molar-refractivity contribution in [2.45, 2.75) is 0 Å². The molecule has 0 aliphatic carbocycles. The Labute approximate surface area is 121 Å². The van der Waals surface area contributed by atoms with Gasteiger partial charge in [-0.1, -0.05) is 0 Å². The molecule has 1 aromatic heterocycles. The van der Waals surface area contributed by atoms with Gasteiger partial charge in [0, 0.05) is 15.5 Å². The zero-order valence-corrected chi connectivity index (χ0v) is 12.4. The molecule has 0 aliphatic heterocycles. The maximum absolute atomic E-state index is 11.9. The number of nitrogens with one attached hydrogen (secondary N) is 1. The summed E-state index contributed by atoms with van der Waals surface area (Å²) in [5.74, 6) is -0.175. The number of benzene rings is 1. The Balaban J connectivity index is 2.17. The number of carbonyl (C=O) groups excluding carboxylic acids is 1. The molecule has 17 heavy (non-hydrogen) atoms. The number of nitrogens with zero attached hydrogens (tertiary/aromatic N) is 1. The van der Waals surface area contributed by atoms with Crippen LogP contribution in [0.25, 0.3) is 0 Å². The molecule has 0 saturated carbocycles. The van der Waals surface area contributed by atoms with Crippen LogP contribution in [0.3, 0.4) is 0 Å². The molecule has 5 heteroatoms. The van der Waals surface area contributed by atoms with Crippen LogP contribution in [0.2, 0.25) is 0 Å². The van der Waals surface area contributed by atoms with Crippen molar-refractivity contribution in [3.8, 4) is 0 Å². The van der Waals surface area contributed by atoms with Crippen molar-refractivity contribution in [3.63, 3.8) is 0 Å². The second-order valence-corrected chi connectivity index (χ2v) is 5.30. The first kappa shape index (κ1) is 12.5. The van der Waals surface area contributed by atoms with Crippen molar-refractivity contribution in [1.29, 1.82) is 0 Å². The van der Waals surface area contributed by atoms with E-state index in [2.05, 4.69) is 48.8 Å². The normalized spacial score (nSPS) is 10.0. The molecule has 0 bridgehead atoms. The van der Waals surface area contributed by atoms with Crippen LogP contribution in [-0.4, -0.2) is 10.9 Å². The van der Waals surface area contributed by atoms with Crippen LogP contribution < -0.4 is 5.32 Å². The Morgan fingerprint density at radius 1 is 1.24 bits per heavy atom. The lowest BCUT2D eigenvalue weighted by Gasteiger charge is -2.06. The van der Waals surface area contributed by atoms with E-state index in [0.717, 1.165) is 9.26 Å². The van der Waals surface area contributed by atoms with E-state index in [-0.39, 0.29) is 5.91 Å². The molecule has 1 amide bonds. The van der Waals surface area contributed by atoms with Gasteiger partial charge in [-0.05, 0) is 74.9 Å². The smallest absolute Gasteiger partial charge is 0.258 e. The predicted octanol–water partition coefficient (Wildman–Crippen LogP) is 3.70. The second kappa shape index (κ2) is 5.59. The number of amides is 1. The van der Waals surface area contributed by atoms with Gasteiger partial charge in [0.05, 0.1) is 5.56 Å². The number of carbonyl (C=O) groups is 1. The van der Waals surface area contributed by atoms with E-state index in [1.165, 1.54) is 0 Å². The maximum atomic E-state index is 11.9. The van der Waals surface area contributed by atoms with Crippen LogP contribution in [0.15, 0.2) is 47.2 Å². The average Bonchev–Trinajstić information content (AvgIpc) is 2.32.